The lowest BCUT2D eigenvalue weighted by molar-refractivity contribution is -0.122. The first-order chi connectivity index (χ1) is 11.7. The maximum Gasteiger partial charge on any atom is 0.266 e. The summed E-state index contributed by atoms with van der Waals surface area (Å²) >= 11 is 1.42. The Kier molecular flexibility index (Phi) is 5.01. The molecule has 122 valence electrons. The summed E-state index contributed by atoms with van der Waals surface area (Å²) < 4.78 is 0. The molecule has 0 spiro atoms. The molecular formula is C19H19N3OS. The van der Waals surface area contributed by atoms with E-state index in [-0.39, 0.29) is 5.91 Å². The average Bonchev–Trinajstić information content (AvgIpc) is 2.87. The van der Waals surface area contributed by atoms with Gasteiger partial charge < -0.3 is 5.73 Å². The lowest BCUT2D eigenvalue weighted by Crippen LogP contribution is -2.29. The van der Waals surface area contributed by atoms with Crippen LogP contribution in [0, 0.1) is 0 Å². The van der Waals surface area contributed by atoms with Crippen LogP contribution in [0.1, 0.15) is 18.9 Å². The standard InChI is InChI=1S/C19H19N3OS/c1-2-12-22-18(23)17(13-14-8-10-15(20)11-9-14)24-19(22)21-16-6-4-3-5-7-16/h3-11,13H,2,12,20H2,1H3/b17-13-,21-19?. The van der Waals surface area contributed by atoms with Crippen LogP contribution >= 0.6 is 11.8 Å². The molecular weight excluding hydrogens is 318 g/mol. The van der Waals surface area contributed by atoms with Gasteiger partial charge in [0.25, 0.3) is 5.91 Å². The maximum absolute atomic E-state index is 12.7. The largest absolute Gasteiger partial charge is 0.399 e. The maximum atomic E-state index is 12.7. The minimum absolute atomic E-state index is 0.00774. The van der Waals surface area contributed by atoms with Crippen molar-refractivity contribution in [3.05, 3.63) is 65.1 Å². The predicted molar refractivity (Wildman–Crippen MR) is 102 cm³/mol. The molecule has 2 aromatic rings. The number of amides is 1. The van der Waals surface area contributed by atoms with Crippen LogP contribution < -0.4 is 5.73 Å². The van der Waals surface area contributed by atoms with Crippen LogP contribution in [0.4, 0.5) is 11.4 Å². The van der Waals surface area contributed by atoms with Crippen LogP contribution in [0.5, 0.6) is 0 Å². The highest BCUT2D eigenvalue weighted by Crippen LogP contribution is 2.34. The summed E-state index contributed by atoms with van der Waals surface area (Å²) in [5.74, 6) is 0.00774. The molecule has 1 fully saturated rings. The molecule has 1 aliphatic heterocycles. The average molecular weight is 337 g/mol. The van der Waals surface area contributed by atoms with Crippen LogP contribution in [0.3, 0.4) is 0 Å². The van der Waals surface area contributed by atoms with Gasteiger partial charge in [-0.25, -0.2) is 4.99 Å². The number of nitrogen functional groups attached to an aromatic ring is 1. The first-order valence-electron chi connectivity index (χ1n) is 7.88. The molecule has 0 bridgehead atoms. The topological polar surface area (TPSA) is 58.7 Å². The number of nitrogens with two attached hydrogens (primary N) is 1. The number of para-hydroxylation sites is 1. The third-order valence-electron chi connectivity index (χ3n) is 3.55. The molecule has 1 aliphatic rings. The van der Waals surface area contributed by atoms with E-state index in [1.54, 1.807) is 4.90 Å². The lowest BCUT2D eigenvalue weighted by atomic mass is 10.2. The highest BCUT2D eigenvalue weighted by molar-refractivity contribution is 8.18. The van der Waals surface area contributed by atoms with E-state index in [0.717, 1.165) is 22.8 Å². The van der Waals surface area contributed by atoms with Crippen molar-refractivity contribution in [2.24, 2.45) is 4.99 Å². The summed E-state index contributed by atoms with van der Waals surface area (Å²) in [5, 5.41) is 0.731. The number of hydrogen-bond donors (Lipinski definition) is 1. The quantitative estimate of drug-likeness (QED) is 0.669. The number of hydrogen-bond acceptors (Lipinski definition) is 4. The third-order valence-corrected chi connectivity index (χ3v) is 4.56. The second-order valence-electron chi connectivity index (χ2n) is 5.46. The van der Waals surface area contributed by atoms with Gasteiger partial charge in [-0.2, -0.15) is 0 Å². The van der Waals surface area contributed by atoms with Gasteiger partial charge in [0.15, 0.2) is 5.17 Å². The van der Waals surface area contributed by atoms with E-state index >= 15 is 0 Å². The van der Waals surface area contributed by atoms with Crippen LogP contribution in [-0.4, -0.2) is 22.5 Å². The molecule has 1 amide bonds. The predicted octanol–water partition coefficient (Wildman–Crippen LogP) is 4.28. The molecule has 0 aromatic heterocycles. The van der Waals surface area contributed by atoms with Crippen molar-refractivity contribution in [2.75, 3.05) is 12.3 Å². The van der Waals surface area contributed by atoms with Crippen LogP contribution in [0.2, 0.25) is 0 Å². The SMILES string of the molecule is CCCN1C(=O)/C(=C/c2ccc(N)cc2)SC1=Nc1ccccc1. The molecule has 0 aliphatic carbocycles. The second-order valence-corrected chi connectivity index (χ2v) is 6.47. The zero-order valence-electron chi connectivity index (χ0n) is 13.5. The molecule has 2 aromatic carbocycles. The molecule has 0 atom stereocenters. The van der Waals surface area contributed by atoms with Crippen molar-refractivity contribution >= 4 is 40.3 Å². The Morgan fingerprint density at radius 1 is 1.12 bits per heavy atom. The number of carbonyl (C=O) groups excluding carboxylic acids is 1. The Bertz CT molecular complexity index is 782. The Morgan fingerprint density at radius 3 is 2.50 bits per heavy atom. The van der Waals surface area contributed by atoms with Gasteiger partial charge >= 0.3 is 0 Å². The zero-order valence-corrected chi connectivity index (χ0v) is 14.3. The molecule has 2 N–H and O–H groups in total. The van der Waals surface area contributed by atoms with Crippen LogP contribution in [0.15, 0.2) is 64.5 Å². The van der Waals surface area contributed by atoms with Gasteiger partial charge in [-0.1, -0.05) is 37.3 Å². The molecule has 0 saturated carbocycles. The van der Waals surface area contributed by atoms with E-state index in [1.165, 1.54) is 11.8 Å². The molecule has 1 heterocycles. The van der Waals surface area contributed by atoms with Gasteiger partial charge in [-0.3, -0.25) is 9.69 Å². The first kappa shape index (κ1) is 16.3. The fraction of sp³-hybridized carbons (Fsp3) is 0.158. The molecule has 4 nitrogen and oxygen atoms in total. The highest BCUT2D eigenvalue weighted by Gasteiger charge is 2.32. The molecule has 0 unspecified atom stereocenters. The summed E-state index contributed by atoms with van der Waals surface area (Å²) in [6.45, 7) is 2.72. The second kappa shape index (κ2) is 7.36. The van der Waals surface area contributed by atoms with Crippen molar-refractivity contribution in [3.8, 4) is 0 Å². The lowest BCUT2D eigenvalue weighted by Gasteiger charge is -2.13. The van der Waals surface area contributed by atoms with Gasteiger partial charge in [0.1, 0.15) is 0 Å². The highest BCUT2D eigenvalue weighted by atomic mass is 32.2. The van der Waals surface area contributed by atoms with Gasteiger partial charge in [0, 0.05) is 12.2 Å². The molecule has 1 saturated heterocycles. The van der Waals surface area contributed by atoms with E-state index < -0.39 is 0 Å². The minimum atomic E-state index is 0.00774. The fourth-order valence-corrected chi connectivity index (χ4v) is 3.39. The monoisotopic (exact) mass is 337 g/mol. The Labute approximate surface area is 146 Å². The number of thioether (sulfide) groups is 1. The van der Waals surface area contributed by atoms with Gasteiger partial charge in [0.2, 0.25) is 0 Å². The normalized spacial score (nSPS) is 17.9. The molecule has 3 rings (SSSR count). The van der Waals surface area contributed by atoms with Crippen LogP contribution in [0.25, 0.3) is 6.08 Å². The van der Waals surface area contributed by atoms with Crippen molar-refractivity contribution in [3.63, 3.8) is 0 Å². The van der Waals surface area contributed by atoms with Crippen molar-refractivity contribution in [1.29, 1.82) is 0 Å². The van der Waals surface area contributed by atoms with E-state index in [0.29, 0.717) is 17.1 Å². The number of amidine groups is 1. The first-order valence-corrected chi connectivity index (χ1v) is 8.69. The number of aliphatic imine (C=N–C) groups is 1. The summed E-state index contributed by atoms with van der Waals surface area (Å²) in [7, 11) is 0. The van der Waals surface area contributed by atoms with Crippen LogP contribution in [-0.2, 0) is 4.79 Å². The van der Waals surface area contributed by atoms with Gasteiger partial charge in [-0.05, 0) is 54.1 Å². The van der Waals surface area contributed by atoms with E-state index in [9.17, 15) is 4.79 Å². The summed E-state index contributed by atoms with van der Waals surface area (Å²) in [6, 6.07) is 17.2. The molecule has 0 radical (unpaired) electrons. The number of benzene rings is 2. The Hall–Kier alpha value is -2.53. The summed E-state index contributed by atoms with van der Waals surface area (Å²) in [6.07, 6.45) is 2.78. The van der Waals surface area contributed by atoms with Gasteiger partial charge in [-0.15, -0.1) is 0 Å². The van der Waals surface area contributed by atoms with Crippen molar-refractivity contribution in [1.82, 2.24) is 4.90 Å². The van der Waals surface area contributed by atoms with Crippen molar-refractivity contribution < 1.29 is 4.79 Å². The van der Waals surface area contributed by atoms with E-state index in [4.69, 9.17) is 5.73 Å². The Morgan fingerprint density at radius 2 is 1.83 bits per heavy atom. The number of rotatable bonds is 4. The summed E-state index contributed by atoms with van der Waals surface area (Å²) in [5.41, 5.74) is 8.23. The number of nitrogens with zero attached hydrogens (tertiary/aromatic N) is 2. The third kappa shape index (κ3) is 3.68. The smallest absolute Gasteiger partial charge is 0.266 e. The summed E-state index contributed by atoms with van der Waals surface area (Å²) in [4.78, 5) is 19.8. The Balaban J connectivity index is 1.92. The van der Waals surface area contributed by atoms with E-state index in [1.807, 2.05) is 60.7 Å². The number of anilines is 1. The van der Waals surface area contributed by atoms with Gasteiger partial charge in [0.05, 0.1) is 10.6 Å². The van der Waals surface area contributed by atoms with Crippen molar-refractivity contribution in [2.45, 2.75) is 13.3 Å². The number of carbonyl (C=O) groups is 1. The molecule has 5 heteroatoms. The minimum Gasteiger partial charge on any atom is -0.399 e. The fourth-order valence-electron chi connectivity index (χ4n) is 2.37. The molecule has 24 heavy (non-hydrogen) atoms. The zero-order chi connectivity index (χ0) is 16.9. The van der Waals surface area contributed by atoms with E-state index in [2.05, 4.69) is 11.9 Å².